The lowest BCUT2D eigenvalue weighted by Gasteiger charge is -2.21. The van der Waals surface area contributed by atoms with Crippen molar-refractivity contribution in [1.29, 1.82) is 0 Å². The minimum atomic E-state index is -0.987. The van der Waals surface area contributed by atoms with Crippen LogP contribution in [-0.4, -0.2) is 45.6 Å². The molecule has 1 aromatic carbocycles. The summed E-state index contributed by atoms with van der Waals surface area (Å²) in [6, 6.07) is 8.76. The van der Waals surface area contributed by atoms with Gasteiger partial charge in [0.1, 0.15) is 10.4 Å². The number of thiocarbonyl (C=S) groups is 1. The van der Waals surface area contributed by atoms with Gasteiger partial charge in [-0.25, -0.2) is 9.69 Å². The highest BCUT2D eigenvalue weighted by molar-refractivity contribution is 8.26. The summed E-state index contributed by atoms with van der Waals surface area (Å²) >= 11 is 7.95. The van der Waals surface area contributed by atoms with Crippen LogP contribution in [-0.2, 0) is 19.1 Å². The molecule has 1 aromatic heterocycles. The third kappa shape index (κ3) is 4.06. The lowest BCUT2D eigenvalue weighted by Crippen LogP contribution is -2.44. The number of carbonyl (C=O) groups excluding carboxylic acids is 4. The van der Waals surface area contributed by atoms with Gasteiger partial charge in [0, 0.05) is 4.88 Å². The van der Waals surface area contributed by atoms with Gasteiger partial charge in [0.25, 0.3) is 11.8 Å². The average Bonchev–Trinajstić information content (AvgIpc) is 3.42. The first-order valence-electron chi connectivity index (χ1n) is 9.35. The van der Waals surface area contributed by atoms with Crippen molar-refractivity contribution in [2.75, 3.05) is 11.5 Å². The normalized spacial score (nSPS) is 20.3. The van der Waals surface area contributed by atoms with E-state index in [4.69, 9.17) is 17.0 Å². The molecular formula is C21H16N2O5S3. The van der Waals surface area contributed by atoms with Crippen LogP contribution in [0.5, 0.6) is 0 Å². The van der Waals surface area contributed by atoms with E-state index in [1.807, 2.05) is 17.5 Å². The van der Waals surface area contributed by atoms with Crippen LogP contribution in [0.2, 0.25) is 0 Å². The molecule has 0 unspecified atom stereocenters. The summed E-state index contributed by atoms with van der Waals surface area (Å²) in [5, 5.41) is 1.90. The van der Waals surface area contributed by atoms with E-state index in [2.05, 4.69) is 0 Å². The summed E-state index contributed by atoms with van der Waals surface area (Å²) in [5.74, 6) is -1.83. The molecule has 2 aromatic rings. The Labute approximate surface area is 191 Å². The minimum Gasteiger partial charge on any atom is -0.462 e. The van der Waals surface area contributed by atoms with Crippen molar-refractivity contribution in [2.45, 2.75) is 19.4 Å². The van der Waals surface area contributed by atoms with Crippen molar-refractivity contribution in [1.82, 2.24) is 4.90 Å². The number of thioether (sulfide) groups is 1. The molecule has 3 amide bonds. The Balaban J connectivity index is 1.55. The summed E-state index contributed by atoms with van der Waals surface area (Å²) in [4.78, 5) is 54.0. The number of ether oxygens (including phenoxy) is 1. The van der Waals surface area contributed by atoms with Crippen molar-refractivity contribution in [3.8, 4) is 0 Å². The summed E-state index contributed by atoms with van der Waals surface area (Å²) in [7, 11) is 0. The van der Waals surface area contributed by atoms with Crippen LogP contribution >= 0.6 is 35.3 Å². The summed E-state index contributed by atoms with van der Waals surface area (Å²) < 4.78 is 5.19. The van der Waals surface area contributed by atoms with E-state index in [1.165, 1.54) is 40.5 Å². The number of anilines is 1. The molecule has 1 atom stereocenters. The highest BCUT2D eigenvalue weighted by atomic mass is 32.2. The Kier molecular flexibility index (Phi) is 6.03. The fourth-order valence-electron chi connectivity index (χ4n) is 3.30. The Morgan fingerprint density at radius 1 is 1.23 bits per heavy atom. The maximum atomic E-state index is 13.1. The van der Waals surface area contributed by atoms with Crippen LogP contribution in [0.3, 0.4) is 0 Å². The number of nitrogens with zero attached hydrogens (tertiary/aromatic N) is 2. The molecule has 0 saturated carbocycles. The topological polar surface area (TPSA) is 84.0 Å². The van der Waals surface area contributed by atoms with Crippen molar-refractivity contribution in [3.63, 3.8) is 0 Å². The van der Waals surface area contributed by atoms with Gasteiger partial charge in [-0.1, -0.05) is 30.0 Å². The molecule has 0 spiro atoms. The Morgan fingerprint density at radius 3 is 2.61 bits per heavy atom. The molecule has 158 valence electrons. The standard InChI is InChI=1S/C21H16N2O5S3/c1-2-28-20(27)12-5-7-13(8-6-12)22-17(24)11-15(18(22)25)23-19(26)16(31-21(23)29)10-14-4-3-9-30-14/h3-10,15H,2,11H2,1H3/b16-10-/t15-/m0/s1. The third-order valence-electron chi connectivity index (χ3n) is 4.71. The van der Waals surface area contributed by atoms with E-state index >= 15 is 0 Å². The molecule has 2 aliphatic heterocycles. The van der Waals surface area contributed by atoms with Crippen molar-refractivity contribution in [3.05, 3.63) is 57.1 Å². The SMILES string of the molecule is CCOC(=O)c1ccc(N2C(=O)C[C@H](N3C(=O)/C(=C/c4cccs4)SC3=S)C2=O)cc1. The molecule has 10 heteroatoms. The fourth-order valence-corrected chi connectivity index (χ4v) is 5.38. The van der Waals surface area contributed by atoms with Crippen LogP contribution in [0.15, 0.2) is 46.7 Å². The lowest BCUT2D eigenvalue weighted by atomic mass is 10.2. The van der Waals surface area contributed by atoms with Gasteiger partial charge in [0.15, 0.2) is 0 Å². The predicted octanol–water partition coefficient (Wildman–Crippen LogP) is 3.46. The number of hydrogen-bond acceptors (Lipinski definition) is 8. The van der Waals surface area contributed by atoms with E-state index in [0.29, 0.717) is 16.2 Å². The van der Waals surface area contributed by atoms with Gasteiger partial charge in [-0.2, -0.15) is 0 Å². The molecule has 0 radical (unpaired) electrons. The van der Waals surface area contributed by atoms with Gasteiger partial charge in [-0.05, 0) is 48.7 Å². The Bertz CT molecular complexity index is 1110. The van der Waals surface area contributed by atoms with Crippen LogP contribution in [0.1, 0.15) is 28.6 Å². The zero-order valence-electron chi connectivity index (χ0n) is 16.3. The molecule has 31 heavy (non-hydrogen) atoms. The molecule has 0 bridgehead atoms. The molecule has 0 N–H and O–H groups in total. The van der Waals surface area contributed by atoms with Gasteiger partial charge < -0.3 is 4.74 Å². The van der Waals surface area contributed by atoms with Gasteiger partial charge in [0.2, 0.25) is 5.91 Å². The number of hydrogen-bond donors (Lipinski definition) is 0. The van der Waals surface area contributed by atoms with E-state index in [1.54, 1.807) is 13.0 Å². The van der Waals surface area contributed by atoms with Crippen molar-refractivity contribution < 1.29 is 23.9 Å². The highest BCUT2D eigenvalue weighted by Crippen LogP contribution is 2.37. The molecule has 0 aliphatic carbocycles. The summed E-state index contributed by atoms with van der Waals surface area (Å²) in [6.45, 7) is 1.95. The molecular weight excluding hydrogens is 456 g/mol. The quantitative estimate of drug-likeness (QED) is 0.285. The minimum absolute atomic E-state index is 0.156. The van der Waals surface area contributed by atoms with E-state index < -0.39 is 23.8 Å². The largest absolute Gasteiger partial charge is 0.462 e. The third-order valence-corrected chi connectivity index (χ3v) is 6.86. The highest BCUT2D eigenvalue weighted by Gasteiger charge is 2.48. The molecule has 3 heterocycles. The zero-order valence-corrected chi connectivity index (χ0v) is 18.7. The van der Waals surface area contributed by atoms with E-state index in [-0.39, 0.29) is 23.3 Å². The molecule has 2 saturated heterocycles. The van der Waals surface area contributed by atoms with E-state index in [0.717, 1.165) is 21.5 Å². The summed E-state index contributed by atoms with van der Waals surface area (Å²) in [6.07, 6.45) is 1.58. The Morgan fingerprint density at radius 2 is 1.97 bits per heavy atom. The van der Waals surface area contributed by atoms with Gasteiger partial charge in [-0.3, -0.25) is 19.3 Å². The second-order valence-electron chi connectivity index (χ2n) is 6.62. The number of carbonyl (C=O) groups is 4. The zero-order chi connectivity index (χ0) is 22.1. The Hall–Kier alpha value is -2.82. The lowest BCUT2D eigenvalue weighted by molar-refractivity contribution is -0.129. The molecule has 2 fully saturated rings. The van der Waals surface area contributed by atoms with Crippen LogP contribution in [0, 0.1) is 0 Å². The van der Waals surface area contributed by atoms with Crippen LogP contribution < -0.4 is 4.90 Å². The van der Waals surface area contributed by atoms with E-state index in [9.17, 15) is 19.2 Å². The first kappa shape index (κ1) is 21.4. The predicted molar refractivity (Wildman–Crippen MR) is 123 cm³/mol. The fraction of sp³-hybridized carbons (Fsp3) is 0.190. The number of benzene rings is 1. The van der Waals surface area contributed by atoms with Gasteiger partial charge in [-0.15, -0.1) is 11.3 Å². The number of rotatable bonds is 5. The summed E-state index contributed by atoms with van der Waals surface area (Å²) in [5.41, 5.74) is 0.641. The monoisotopic (exact) mass is 472 g/mol. The second kappa shape index (κ2) is 8.74. The first-order valence-corrected chi connectivity index (χ1v) is 11.5. The molecule has 7 nitrogen and oxygen atoms in total. The van der Waals surface area contributed by atoms with Crippen LogP contribution in [0.4, 0.5) is 5.69 Å². The maximum absolute atomic E-state index is 13.1. The number of imide groups is 1. The number of amides is 3. The molecule has 2 aliphatic rings. The number of esters is 1. The van der Waals surface area contributed by atoms with Crippen molar-refractivity contribution >= 4 is 75.1 Å². The van der Waals surface area contributed by atoms with Gasteiger partial charge in [0.05, 0.1) is 29.2 Å². The maximum Gasteiger partial charge on any atom is 0.338 e. The molecule has 4 rings (SSSR count). The van der Waals surface area contributed by atoms with Crippen LogP contribution in [0.25, 0.3) is 6.08 Å². The second-order valence-corrected chi connectivity index (χ2v) is 9.28. The average molecular weight is 473 g/mol. The van der Waals surface area contributed by atoms with Gasteiger partial charge >= 0.3 is 5.97 Å². The first-order chi connectivity index (χ1) is 14.9. The van der Waals surface area contributed by atoms with Crippen molar-refractivity contribution in [2.24, 2.45) is 0 Å². The number of thiophene rings is 1. The smallest absolute Gasteiger partial charge is 0.338 e.